The highest BCUT2D eigenvalue weighted by Crippen LogP contribution is 2.23. The smallest absolute Gasteiger partial charge is 0.339 e. The van der Waals surface area contributed by atoms with Gasteiger partial charge in [0.15, 0.2) is 5.82 Å². The van der Waals surface area contributed by atoms with E-state index < -0.39 is 17.3 Å². The molecule has 1 aromatic carbocycles. The number of hydrogen-bond acceptors (Lipinski definition) is 2. The summed E-state index contributed by atoms with van der Waals surface area (Å²) in [6.07, 6.45) is 0. The maximum Gasteiger partial charge on any atom is 0.339 e. The zero-order valence-electron chi connectivity index (χ0n) is 5.84. The van der Waals surface area contributed by atoms with Crippen molar-refractivity contribution in [2.45, 2.75) is 0 Å². The van der Waals surface area contributed by atoms with Gasteiger partial charge in [0, 0.05) is 4.47 Å². The standard InChI is InChI=1S/C7H5BrFNO2/c8-3-1-2-4(10)6(9)5(3)7(11)12/h1-2H,10H2,(H,11,12). The molecular weight excluding hydrogens is 229 g/mol. The third kappa shape index (κ3) is 1.40. The van der Waals surface area contributed by atoms with Crippen molar-refractivity contribution in [3.63, 3.8) is 0 Å². The summed E-state index contributed by atoms with van der Waals surface area (Å²) >= 11 is 2.91. The Labute approximate surface area is 76.1 Å². The molecule has 0 unspecified atom stereocenters. The molecule has 64 valence electrons. The van der Waals surface area contributed by atoms with Crippen LogP contribution in [-0.2, 0) is 0 Å². The van der Waals surface area contributed by atoms with Crippen LogP contribution in [0.1, 0.15) is 10.4 Å². The molecule has 0 heterocycles. The van der Waals surface area contributed by atoms with Crippen LogP contribution >= 0.6 is 15.9 Å². The van der Waals surface area contributed by atoms with E-state index in [0.29, 0.717) is 0 Å². The van der Waals surface area contributed by atoms with Gasteiger partial charge < -0.3 is 10.8 Å². The van der Waals surface area contributed by atoms with Crippen LogP contribution < -0.4 is 5.73 Å². The Balaban J connectivity index is 3.43. The predicted molar refractivity (Wildman–Crippen MR) is 45.5 cm³/mol. The monoisotopic (exact) mass is 233 g/mol. The lowest BCUT2D eigenvalue weighted by Crippen LogP contribution is -2.04. The fraction of sp³-hybridized carbons (Fsp3) is 0. The molecule has 0 saturated heterocycles. The second kappa shape index (κ2) is 3.10. The fourth-order valence-electron chi connectivity index (χ4n) is 0.765. The summed E-state index contributed by atoms with van der Waals surface area (Å²) < 4.78 is 13.2. The van der Waals surface area contributed by atoms with E-state index in [0.717, 1.165) is 0 Å². The molecule has 1 rings (SSSR count). The highest BCUT2D eigenvalue weighted by molar-refractivity contribution is 9.10. The number of nitrogen functional groups attached to an aromatic ring is 1. The minimum atomic E-state index is -1.34. The summed E-state index contributed by atoms with van der Waals surface area (Å²) in [5.74, 6) is -2.25. The number of aromatic carboxylic acids is 1. The van der Waals surface area contributed by atoms with E-state index in [1.807, 2.05) is 0 Å². The van der Waals surface area contributed by atoms with Crippen molar-refractivity contribution in [1.82, 2.24) is 0 Å². The SMILES string of the molecule is Nc1ccc(Br)c(C(=O)O)c1F. The first kappa shape index (κ1) is 8.99. The highest BCUT2D eigenvalue weighted by atomic mass is 79.9. The largest absolute Gasteiger partial charge is 0.478 e. The van der Waals surface area contributed by atoms with Gasteiger partial charge in [-0.2, -0.15) is 0 Å². The second-order valence-corrected chi connectivity index (χ2v) is 2.99. The molecule has 1 aromatic rings. The first-order valence-electron chi connectivity index (χ1n) is 3.01. The van der Waals surface area contributed by atoms with E-state index in [-0.39, 0.29) is 10.2 Å². The summed E-state index contributed by atoms with van der Waals surface area (Å²) in [7, 11) is 0. The van der Waals surface area contributed by atoms with Crippen LogP contribution in [0.25, 0.3) is 0 Å². The van der Waals surface area contributed by atoms with Crippen molar-refractivity contribution in [3.05, 3.63) is 28.0 Å². The zero-order valence-corrected chi connectivity index (χ0v) is 7.43. The first-order valence-corrected chi connectivity index (χ1v) is 3.80. The number of nitrogens with two attached hydrogens (primary N) is 1. The van der Waals surface area contributed by atoms with Crippen molar-refractivity contribution in [2.75, 3.05) is 5.73 Å². The van der Waals surface area contributed by atoms with Crippen molar-refractivity contribution in [3.8, 4) is 0 Å². The van der Waals surface area contributed by atoms with E-state index in [1.54, 1.807) is 0 Å². The lowest BCUT2D eigenvalue weighted by atomic mass is 10.2. The Morgan fingerprint density at radius 1 is 1.58 bits per heavy atom. The average molecular weight is 234 g/mol. The normalized spacial score (nSPS) is 9.83. The van der Waals surface area contributed by atoms with Gasteiger partial charge in [-0.15, -0.1) is 0 Å². The molecule has 5 heteroatoms. The second-order valence-electron chi connectivity index (χ2n) is 2.13. The van der Waals surface area contributed by atoms with Crippen LogP contribution in [0.2, 0.25) is 0 Å². The van der Waals surface area contributed by atoms with Gasteiger partial charge in [-0.3, -0.25) is 0 Å². The molecule has 3 N–H and O–H groups in total. The molecule has 0 atom stereocenters. The van der Waals surface area contributed by atoms with Gasteiger partial charge in [-0.05, 0) is 28.1 Å². The molecule has 0 spiro atoms. The minimum absolute atomic E-state index is 0.171. The summed E-state index contributed by atoms with van der Waals surface area (Å²) in [5.41, 5.74) is 4.56. The van der Waals surface area contributed by atoms with E-state index in [9.17, 15) is 9.18 Å². The summed E-state index contributed by atoms with van der Waals surface area (Å²) in [4.78, 5) is 10.5. The van der Waals surface area contributed by atoms with E-state index in [2.05, 4.69) is 15.9 Å². The molecule has 0 radical (unpaired) electrons. The molecule has 3 nitrogen and oxygen atoms in total. The third-order valence-electron chi connectivity index (χ3n) is 1.33. The Bertz CT molecular complexity index is 340. The molecule has 0 amide bonds. The molecule has 0 aromatic heterocycles. The van der Waals surface area contributed by atoms with Crippen LogP contribution in [-0.4, -0.2) is 11.1 Å². The summed E-state index contributed by atoms with van der Waals surface area (Å²) in [6.45, 7) is 0. The van der Waals surface area contributed by atoms with E-state index >= 15 is 0 Å². The Morgan fingerprint density at radius 2 is 2.17 bits per heavy atom. The molecule has 0 bridgehead atoms. The van der Waals surface area contributed by atoms with Crippen LogP contribution in [0.15, 0.2) is 16.6 Å². The highest BCUT2D eigenvalue weighted by Gasteiger charge is 2.16. The zero-order chi connectivity index (χ0) is 9.30. The van der Waals surface area contributed by atoms with Crippen molar-refractivity contribution < 1.29 is 14.3 Å². The van der Waals surface area contributed by atoms with Crippen LogP contribution in [0, 0.1) is 5.82 Å². The van der Waals surface area contributed by atoms with Crippen LogP contribution in [0.3, 0.4) is 0 Å². The van der Waals surface area contributed by atoms with Crippen LogP contribution in [0.5, 0.6) is 0 Å². The molecule has 0 aliphatic heterocycles. The van der Waals surface area contributed by atoms with E-state index in [4.69, 9.17) is 10.8 Å². The number of rotatable bonds is 1. The quantitative estimate of drug-likeness (QED) is 0.729. The van der Waals surface area contributed by atoms with Gasteiger partial charge >= 0.3 is 5.97 Å². The number of carboxylic acid groups (broad SMARTS) is 1. The molecule has 0 aliphatic carbocycles. The molecule has 0 fully saturated rings. The number of anilines is 1. The lowest BCUT2D eigenvalue weighted by molar-refractivity contribution is 0.0691. The van der Waals surface area contributed by atoms with Gasteiger partial charge in [-0.25, -0.2) is 9.18 Å². The predicted octanol–water partition coefficient (Wildman–Crippen LogP) is 1.87. The van der Waals surface area contributed by atoms with Gasteiger partial charge in [-0.1, -0.05) is 0 Å². The van der Waals surface area contributed by atoms with E-state index in [1.165, 1.54) is 12.1 Å². The van der Waals surface area contributed by atoms with Crippen molar-refractivity contribution in [2.24, 2.45) is 0 Å². The summed E-state index contributed by atoms with van der Waals surface area (Å²) in [6, 6.07) is 2.69. The number of halogens is 2. The summed E-state index contributed by atoms with van der Waals surface area (Å²) in [5, 5.41) is 8.55. The maximum absolute atomic E-state index is 13.0. The number of benzene rings is 1. The molecule has 12 heavy (non-hydrogen) atoms. The third-order valence-corrected chi connectivity index (χ3v) is 2.00. The van der Waals surface area contributed by atoms with Crippen molar-refractivity contribution >= 4 is 27.6 Å². The topological polar surface area (TPSA) is 63.3 Å². The number of hydrogen-bond donors (Lipinski definition) is 2. The first-order chi connectivity index (χ1) is 5.54. The van der Waals surface area contributed by atoms with Gasteiger partial charge in [0.1, 0.15) is 5.56 Å². The number of carbonyl (C=O) groups is 1. The van der Waals surface area contributed by atoms with Gasteiger partial charge in [0.25, 0.3) is 0 Å². The fourth-order valence-corrected chi connectivity index (χ4v) is 1.24. The van der Waals surface area contributed by atoms with Crippen LogP contribution in [0.4, 0.5) is 10.1 Å². The molecular formula is C7H5BrFNO2. The Kier molecular flexibility index (Phi) is 2.32. The van der Waals surface area contributed by atoms with Crippen molar-refractivity contribution in [1.29, 1.82) is 0 Å². The molecule has 0 aliphatic rings. The Morgan fingerprint density at radius 3 is 2.58 bits per heavy atom. The Hall–Kier alpha value is -1.10. The maximum atomic E-state index is 13.0. The molecule has 0 saturated carbocycles. The number of carboxylic acids is 1. The van der Waals surface area contributed by atoms with Gasteiger partial charge in [0.2, 0.25) is 0 Å². The van der Waals surface area contributed by atoms with Gasteiger partial charge in [0.05, 0.1) is 5.69 Å². The lowest BCUT2D eigenvalue weighted by Gasteiger charge is -2.02. The average Bonchev–Trinajstić information content (AvgIpc) is 1.97. The minimum Gasteiger partial charge on any atom is -0.478 e.